The summed E-state index contributed by atoms with van der Waals surface area (Å²) in [6, 6.07) is 7.40. The fraction of sp³-hybridized carbons (Fsp3) is 0.200. The van der Waals surface area contributed by atoms with Crippen molar-refractivity contribution in [3.05, 3.63) is 34.9 Å². The van der Waals surface area contributed by atoms with E-state index in [2.05, 4.69) is 10.3 Å². The molecule has 1 heterocycles. The highest BCUT2D eigenvalue weighted by Gasteiger charge is 2.11. The first-order chi connectivity index (χ1) is 6.75. The average molecular weight is 209 g/mol. The number of carbonyl (C=O) groups is 1. The molecule has 0 unspecified atom stereocenters. The molecule has 2 rings (SSSR count). The Balaban J connectivity index is 2.27. The molecule has 0 aliphatic carbocycles. The molecule has 0 atom stereocenters. The van der Waals surface area contributed by atoms with Crippen LogP contribution in [0, 0.1) is 0 Å². The lowest BCUT2D eigenvalue weighted by molar-refractivity contribution is -0.116. The third-order valence-corrected chi connectivity index (χ3v) is 2.20. The summed E-state index contributed by atoms with van der Waals surface area (Å²) in [5.74, 6) is 0.850. The molecule has 1 aliphatic heterocycles. The van der Waals surface area contributed by atoms with Crippen LogP contribution in [0.1, 0.15) is 5.56 Å². The van der Waals surface area contributed by atoms with E-state index in [-0.39, 0.29) is 12.3 Å². The van der Waals surface area contributed by atoms with Crippen molar-refractivity contribution in [2.75, 3.05) is 13.1 Å². The molecular formula is C10H9ClN2O. The molecule has 1 N–H and O–H groups in total. The Bertz CT molecular complexity index is 401. The van der Waals surface area contributed by atoms with E-state index >= 15 is 0 Å². The van der Waals surface area contributed by atoms with Crippen LogP contribution in [0.15, 0.2) is 29.3 Å². The van der Waals surface area contributed by atoms with Gasteiger partial charge in [0.15, 0.2) is 5.78 Å². The number of nitrogens with zero attached hydrogens (tertiary/aromatic N) is 1. The van der Waals surface area contributed by atoms with Gasteiger partial charge in [-0.25, -0.2) is 0 Å². The Morgan fingerprint density at radius 2 is 2.29 bits per heavy atom. The smallest absolute Gasteiger partial charge is 0.173 e. The molecule has 0 saturated carbocycles. The van der Waals surface area contributed by atoms with Crippen LogP contribution in [-0.2, 0) is 4.79 Å². The summed E-state index contributed by atoms with van der Waals surface area (Å²) in [7, 11) is 0. The first-order valence-electron chi connectivity index (χ1n) is 4.31. The maximum atomic E-state index is 10.9. The van der Waals surface area contributed by atoms with E-state index < -0.39 is 0 Å². The van der Waals surface area contributed by atoms with Gasteiger partial charge in [0.25, 0.3) is 0 Å². The van der Waals surface area contributed by atoms with Gasteiger partial charge in [0.05, 0.1) is 6.54 Å². The summed E-state index contributed by atoms with van der Waals surface area (Å²) < 4.78 is 0. The zero-order valence-electron chi connectivity index (χ0n) is 7.46. The van der Waals surface area contributed by atoms with Crippen molar-refractivity contribution in [2.24, 2.45) is 4.99 Å². The number of Topliss-reactive ketones (excluding diaryl/α,β-unsaturated/α-hetero) is 1. The van der Waals surface area contributed by atoms with Crippen molar-refractivity contribution in [1.29, 1.82) is 0 Å². The van der Waals surface area contributed by atoms with E-state index in [1.165, 1.54) is 0 Å². The van der Waals surface area contributed by atoms with E-state index in [1.54, 1.807) is 6.07 Å². The molecule has 14 heavy (non-hydrogen) atoms. The van der Waals surface area contributed by atoms with Crippen LogP contribution in [0.4, 0.5) is 0 Å². The number of hydrogen-bond donors (Lipinski definition) is 1. The highest BCUT2D eigenvalue weighted by molar-refractivity contribution is 6.31. The first kappa shape index (κ1) is 9.21. The van der Waals surface area contributed by atoms with Crippen LogP contribution < -0.4 is 5.32 Å². The summed E-state index contributed by atoms with van der Waals surface area (Å²) in [5, 5.41) is 3.62. The molecule has 4 heteroatoms. The number of carbonyl (C=O) groups excluding carboxylic acids is 1. The van der Waals surface area contributed by atoms with Crippen LogP contribution in [0.25, 0.3) is 0 Å². The van der Waals surface area contributed by atoms with Gasteiger partial charge in [0, 0.05) is 10.6 Å². The van der Waals surface area contributed by atoms with E-state index in [0.717, 1.165) is 11.4 Å². The van der Waals surface area contributed by atoms with Crippen LogP contribution in [0.2, 0.25) is 5.02 Å². The summed E-state index contributed by atoms with van der Waals surface area (Å²) in [6.45, 7) is 0.611. The number of benzene rings is 1. The van der Waals surface area contributed by atoms with Crippen LogP contribution in [-0.4, -0.2) is 24.7 Å². The first-order valence-corrected chi connectivity index (χ1v) is 4.69. The predicted molar refractivity (Wildman–Crippen MR) is 55.9 cm³/mol. The Hall–Kier alpha value is -1.35. The number of nitrogens with one attached hydrogen (secondary N) is 1. The van der Waals surface area contributed by atoms with E-state index in [1.807, 2.05) is 18.2 Å². The minimum absolute atomic E-state index is 0.107. The van der Waals surface area contributed by atoms with Gasteiger partial charge in [-0.1, -0.05) is 23.7 Å². The lowest BCUT2D eigenvalue weighted by atomic mass is 10.2. The average Bonchev–Trinajstić information content (AvgIpc) is 2.19. The second-order valence-corrected chi connectivity index (χ2v) is 3.50. The van der Waals surface area contributed by atoms with Gasteiger partial charge in [-0.15, -0.1) is 0 Å². The highest BCUT2D eigenvalue weighted by Crippen LogP contribution is 2.11. The topological polar surface area (TPSA) is 41.5 Å². The molecule has 1 aromatic rings. The monoisotopic (exact) mass is 208 g/mol. The Labute approximate surface area is 86.8 Å². The van der Waals surface area contributed by atoms with Crippen molar-refractivity contribution in [3.63, 3.8) is 0 Å². The van der Waals surface area contributed by atoms with E-state index in [4.69, 9.17) is 11.6 Å². The fourth-order valence-corrected chi connectivity index (χ4v) is 1.48. The van der Waals surface area contributed by atoms with Crippen molar-refractivity contribution < 1.29 is 4.79 Å². The van der Waals surface area contributed by atoms with Gasteiger partial charge in [0.2, 0.25) is 0 Å². The molecule has 0 radical (unpaired) electrons. The van der Waals surface area contributed by atoms with Crippen LogP contribution in [0.3, 0.4) is 0 Å². The summed E-state index contributed by atoms with van der Waals surface area (Å²) >= 11 is 5.84. The summed E-state index contributed by atoms with van der Waals surface area (Å²) in [6.07, 6.45) is 0. The summed E-state index contributed by atoms with van der Waals surface area (Å²) in [5.41, 5.74) is 0.921. The molecule has 0 bridgehead atoms. The van der Waals surface area contributed by atoms with Gasteiger partial charge in [0.1, 0.15) is 12.4 Å². The molecule has 0 saturated heterocycles. The van der Waals surface area contributed by atoms with Crippen molar-refractivity contribution in [3.8, 4) is 0 Å². The number of halogens is 1. The van der Waals surface area contributed by atoms with Crippen molar-refractivity contribution in [2.45, 2.75) is 0 Å². The number of ketones is 1. The number of aliphatic imine (C=N–C) groups is 1. The fourth-order valence-electron chi connectivity index (χ4n) is 1.29. The molecule has 0 spiro atoms. The van der Waals surface area contributed by atoms with Gasteiger partial charge in [-0.2, -0.15) is 0 Å². The second-order valence-electron chi connectivity index (χ2n) is 3.07. The van der Waals surface area contributed by atoms with E-state index in [9.17, 15) is 4.79 Å². The SMILES string of the molecule is O=C1CN=C(c2cccc(Cl)c2)NC1. The van der Waals surface area contributed by atoms with Gasteiger partial charge in [-0.3, -0.25) is 9.79 Å². The van der Waals surface area contributed by atoms with Crippen LogP contribution in [0.5, 0.6) is 0 Å². The normalized spacial score (nSPS) is 16.1. The van der Waals surface area contributed by atoms with Gasteiger partial charge in [-0.05, 0) is 12.1 Å². The predicted octanol–water partition coefficient (Wildman–Crippen LogP) is 1.26. The third kappa shape index (κ3) is 1.93. The van der Waals surface area contributed by atoms with Crippen LogP contribution >= 0.6 is 11.6 Å². The molecule has 0 fully saturated rings. The Kier molecular flexibility index (Phi) is 2.50. The maximum Gasteiger partial charge on any atom is 0.173 e. The molecule has 0 amide bonds. The zero-order chi connectivity index (χ0) is 9.97. The van der Waals surface area contributed by atoms with Crippen molar-refractivity contribution >= 4 is 23.2 Å². The molecule has 72 valence electrons. The Morgan fingerprint density at radius 3 is 2.93 bits per heavy atom. The maximum absolute atomic E-state index is 10.9. The lowest BCUT2D eigenvalue weighted by Gasteiger charge is -2.13. The minimum Gasteiger partial charge on any atom is -0.363 e. The second kappa shape index (κ2) is 3.80. The van der Waals surface area contributed by atoms with E-state index in [0.29, 0.717) is 11.6 Å². The molecule has 1 aromatic carbocycles. The van der Waals surface area contributed by atoms with Crippen molar-refractivity contribution in [1.82, 2.24) is 5.32 Å². The number of rotatable bonds is 1. The summed E-state index contributed by atoms with van der Waals surface area (Å²) in [4.78, 5) is 15.0. The van der Waals surface area contributed by atoms with Gasteiger partial charge < -0.3 is 5.32 Å². The number of hydrogen-bond acceptors (Lipinski definition) is 3. The largest absolute Gasteiger partial charge is 0.363 e. The standard InChI is InChI=1S/C10H9ClN2O/c11-8-3-1-2-7(4-8)10-12-5-9(14)6-13-10/h1-4H,5-6H2,(H,12,13). The third-order valence-electron chi connectivity index (χ3n) is 1.96. The molecular weight excluding hydrogens is 200 g/mol. The molecule has 0 aromatic heterocycles. The highest BCUT2D eigenvalue weighted by atomic mass is 35.5. The lowest BCUT2D eigenvalue weighted by Crippen LogP contribution is -2.36. The zero-order valence-corrected chi connectivity index (χ0v) is 8.21. The Morgan fingerprint density at radius 1 is 1.43 bits per heavy atom. The molecule has 1 aliphatic rings. The van der Waals surface area contributed by atoms with Gasteiger partial charge >= 0.3 is 0 Å². The quantitative estimate of drug-likeness (QED) is 0.755. The molecule has 3 nitrogen and oxygen atoms in total. The minimum atomic E-state index is 0.107. The number of amidine groups is 1.